The molecule has 1 aromatic heterocycles. The lowest BCUT2D eigenvalue weighted by atomic mass is 9.92. The number of carbonyl (C=O) groups is 1. The number of aromatic nitrogens is 2. The summed E-state index contributed by atoms with van der Waals surface area (Å²) in [7, 11) is 0. The molecule has 0 fully saturated rings. The van der Waals surface area contributed by atoms with Crippen LogP contribution in [0.3, 0.4) is 0 Å². The van der Waals surface area contributed by atoms with Crippen LogP contribution in [0.15, 0.2) is 91.0 Å². The Morgan fingerprint density at radius 2 is 1.59 bits per heavy atom. The van der Waals surface area contributed by atoms with E-state index >= 15 is 0 Å². The van der Waals surface area contributed by atoms with Crippen molar-refractivity contribution >= 4 is 22.5 Å². The van der Waals surface area contributed by atoms with Gasteiger partial charge in [0.05, 0.1) is 11.0 Å². The topological polar surface area (TPSA) is 60.9 Å². The largest absolute Gasteiger partial charge is 0.366 e. The molecule has 182 valence electrons. The second-order valence-electron chi connectivity index (χ2n) is 9.88. The summed E-state index contributed by atoms with van der Waals surface area (Å²) in [6, 6.07) is 29.9. The van der Waals surface area contributed by atoms with Gasteiger partial charge in [0.2, 0.25) is 5.91 Å². The molecule has 6 rings (SSSR count). The number of nitrogens with zero attached hydrogens (tertiary/aromatic N) is 2. The molecule has 37 heavy (non-hydrogen) atoms. The molecule has 0 unspecified atom stereocenters. The molecule has 0 saturated carbocycles. The third-order valence-corrected chi connectivity index (χ3v) is 7.40. The Labute approximate surface area is 217 Å². The molecule has 4 aromatic carbocycles. The van der Waals surface area contributed by atoms with Crippen LogP contribution in [0.4, 0.5) is 0 Å². The third-order valence-electron chi connectivity index (χ3n) is 7.40. The lowest BCUT2D eigenvalue weighted by Gasteiger charge is -2.14. The Balaban J connectivity index is 1.42. The van der Waals surface area contributed by atoms with Crippen molar-refractivity contribution in [3.05, 3.63) is 130 Å². The van der Waals surface area contributed by atoms with Crippen molar-refractivity contribution in [2.45, 2.75) is 33.2 Å². The summed E-state index contributed by atoms with van der Waals surface area (Å²) in [5.74, 6) is 0.576. The van der Waals surface area contributed by atoms with Crippen LogP contribution in [0.5, 0.6) is 0 Å². The monoisotopic (exact) mass is 483 g/mol. The number of rotatable bonds is 4. The molecule has 4 nitrogen and oxygen atoms in total. The van der Waals surface area contributed by atoms with Crippen molar-refractivity contribution in [2.75, 3.05) is 0 Å². The van der Waals surface area contributed by atoms with Crippen LogP contribution in [0.25, 0.3) is 27.7 Å². The summed E-state index contributed by atoms with van der Waals surface area (Å²) in [4.78, 5) is 16.9. The number of nitrogens with two attached hydrogens (primary N) is 1. The highest BCUT2D eigenvalue weighted by Crippen LogP contribution is 2.35. The molecule has 2 N–H and O–H groups in total. The van der Waals surface area contributed by atoms with E-state index in [0.717, 1.165) is 52.9 Å². The van der Waals surface area contributed by atoms with Gasteiger partial charge in [0.15, 0.2) is 0 Å². The zero-order chi connectivity index (χ0) is 25.5. The van der Waals surface area contributed by atoms with Crippen molar-refractivity contribution in [2.24, 2.45) is 5.73 Å². The molecule has 0 aliphatic heterocycles. The Hall–Kier alpha value is -4.44. The molecule has 1 amide bonds. The number of imidazole rings is 1. The molecular formula is C33H29N3O. The van der Waals surface area contributed by atoms with Gasteiger partial charge in [-0.3, -0.25) is 4.79 Å². The quantitative estimate of drug-likeness (QED) is 0.301. The van der Waals surface area contributed by atoms with Crippen molar-refractivity contribution in [1.82, 2.24) is 9.55 Å². The number of aryl methyl sites for hydroxylation is 4. The fourth-order valence-electron chi connectivity index (χ4n) is 5.62. The minimum Gasteiger partial charge on any atom is -0.366 e. The van der Waals surface area contributed by atoms with Gasteiger partial charge in [-0.2, -0.15) is 0 Å². The van der Waals surface area contributed by atoms with Crippen LogP contribution in [-0.4, -0.2) is 15.5 Å². The smallest absolute Gasteiger partial charge is 0.242 e. The average molecular weight is 484 g/mol. The zero-order valence-corrected chi connectivity index (χ0v) is 21.2. The Morgan fingerprint density at radius 1 is 0.865 bits per heavy atom. The van der Waals surface area contributed by atoms with Crippen LogP contribution in [-0.2, 0) is 24.2 Å². The first-order chi connectivity index (χ1) is 18.0. The van der Waals surface area contributed by atoms with Gasteiger partial charge in [0.1, 0.15) is 5.82 Å². The summed E-state index contributed by atoms with van der Waals surface area (Å²) in [6.45, 7) is 4.95. The van der Waals surface area contributed by atoms with Gasteiger partial charge in [-0.25, -0.2) is 4.98 Å². The SMILES string of the molecule is Cc1cc(-c2ccccc2)cc2c1nc(C)n2Cc1ccc2c(c1)CCc1ccccc1/C2=C\C(N)=O. The molecule has 0 atom stereocenters. The number of carbonyl (C=O) groups excluding carboxylic acids is 1. The normalized spacial score (nSPS) is 13.8. The van der Waals surface area contributed by atoms with Crippen LogP contribution < -0.4 is 5.73 Å². The molecule has 1 aliphatic carbocycles. The standard InChI is InChI=1S/C33H29N3O/c1-21-16-27(24-8-4-3-5-9-24)18-31-33(21)35-22(2)36(31)20-23-12-15-29-26(17-23)14-13-25-10-6-7-11-28(25)30(29)19-32(34)37/h3-12,15-19H,13-14,20H2,1-2H3,(H2,34,37)/b30-19+. The Kier molecular flexibility index (Phi) is 5.72. The molecule has 1 aliphatic rings. The maximum Gasteiger partial charge on any atom is 0.242 e. The minimum absolute atomic E-state index is 0.424. The summed E-state index contributed by atoms with van der Waals surface area (Å²) in [5, 5.41) is 0. The average Bonchev–Trinajstić information content (AvgIpc) is 3.13. The van der Waals surface area contributed by atoms with Crippen LogP contribution in [0, 0.1) is 13.8 Å². The molecule has 1 heterocycles. The summed E-state index contributed by atoms with van der Waals surface area (Å²) in [5.41, 5.74) is 18.2. The number of hydrogen-bond donors (Lipinski definition) is 1. The van der Waals surface area contributed by atoms with E-state index in [2.05, 4.69) is 91.2 Å². The lowest BCUT2D eigenvalue weighted by molar-refractivity contribution is -0.113. The van der Waals surface area contributed by atoms with Crippen molar-refractivity contribution in [1.29, 1.82) is 0 Å². The highest BCUT2D eigenvalue weighted by atomic mass is 16.1. The van der Waals surface area contributed by atoms with E-state index in [9.17, 15) is 4.79 Å². The number of amides is 1. The number of fused-ring (bicyclic) bond motifs is 3. The first-order valence-electron chi connectivity index (χ1n) is 12.7. The summed E-state index contributed by atoms with van der Waals surface area (Å²) < 4.78 is 2.31. The van der Waals surface area contributed by atoms with E-state index in [4.69, 9.17) is 10.7 Å². The zero-order valence-electron chi connectivity index (χ0n) is 21.2. The summed E-state index contributed by atoms with van der Waals surface area (Å²) >= 11 is 0. The van der Waals surface area contributed by atoms with E-state index in [1.54, 1.807) is 6.08 Å². The first kappa shape index (κ1) is 23.0. The molecule has 0 saturated heterocycles. The maximum atomic E-state index is 11.9. The Morgan fingerprint density at radius 3 is 2.41 bits per heavy atom. The predicted molar refractivity (Wildman–Crippen MR) is 150 cm³/mol. The first-order valence-corrected chi connectivity index (χ1v) is 12.7. The minimum atomic E-state index is -0.424. The summed E-state index contributed by atoms with van der Waals surface area (Å²) in [6.07, 6.45) is 3.41. The van der Waals surface area contributed by atoms with Gasteiger partial charge in [0, 0.05) is 12.6 Å². The van der Waals surface area contributed by atoms with Gasteiger partial charge in [-0.15, -0.1) is 0 Å². The molecule has 0 bridgehead atoms. The predicted octanol–water partition coefficient (Wildman–Crippen LogP) is 6.38. The molecule has 0 radical (unpaired) electrons. The fraction of sp³-hybridized carbons (Fsp3) is 0.152. The molecule has 4 heteroatoms. The van der Waals surface area contributed by atoms with E-state index in [1.165, 1.54) is 33.4 Å². The fourth-order valence-corrected chi connectivity index (χ4v) is 5.62. The van der Waals surface area contributed by atoms with Crippen molar-refractivity contribution in [3.63, 3.8) is 0 Å². The van der Waals surface area contributed by atoms with Gasteiger partial charge >= 0.3 is 0 Å². The van der Waals surface area contributed by atoms with Crippen molar-refractivity contribution < 1.29 is 4.79 Å². The number of primary amides is 1. The second kappa shape index (κ2) is 9.21. The van der Waals surface area contributed by atoms with Crippen LogP contribution in [0.1, 0.15) is 39.2 Å². The highest BCUT2D eigenvalue weighted by Gasteiger charge is 2.20. The van der Waals surface area contributed by atoms with Gasteiger partial charge in [-0.05, 0) is 88.9 Å². The highest BCUT2D eigenvalue weighted by molar-refractivity contribution is 5.99. The van der Waals surface area contributed by atoms with E-state index in [-0.39, 0.29) is 0 Å². The van der Waals surface area contributed by atoms with Gasteiger partial charge < -0.3 is 10.3 Å². The second-order valence-corrected chi connectivity index (χ2v) is 9.88. The van der Waals surface area contributed by atoms with E-state index in [0.29, 0.717) is 0 Å². The lowest BCUT2D eigenvalue weighted by Crippen LogP contribution is -2.08. The van der Waals surface area contributed by atoms with Gasteiger partial charge in [-0.1, -0.05) is 72.8 Å². The molecular weight excluding hydrogens is 454 g/mol. The maximum absolute atomic E-state index is 11.9. The number of benzene rings is 4. The molecule has 5 aromatic rings. The van der Waals surface area contributed by atoms with Crippen LogP contribution >= 0.6 is 0 Å². The van der Waals surface area contributed by atoms with E-state index in [1.807, 2.05) is 12.1 Å². The number of hydrogen-bond acceptors (Lipinski definition) is 2. The van der Waals surface area contributed by atoms with Crippen LogP contribution in [0.2, 0.25) is 0 Å². The van der Waals surface area contributed by atoms with E-state index < -0.39 is 5.91 Å². The molecule has 0 spiro atoms. The van der Waals surface area contributed by atoms with Crippen molar-refractivity contribution in [3.8, 4) is 11.1 Å². The van der Waals surface area contributed by atoms with Gasteiger partial charge in [0.25, 0.3) is 0 Å². The Bertz CT molecular complexity index is 1690. The third kappa shape index (κ3) is 4.25.